The van der Waals surface area contributed by atoms with Gasteiger partial charge in [-0.3, -0.25) is 10.1 Å². The van der Waals surface area contributed by atoms with E-state index in [0.29, 0.717) is 12.2 Å². The number of carboxylic acid groups (broad SMARTS) is 1. The Labute approximate surface area is 103 Å². The number of aromatic carboxylic acids is 1. The number of benzene rings is 1. The molecule has 18 heavy (non-hydrogen) atoms. The van der Waals surface area contributed by atoms with Crippen molar-refractivity contribution in [1.29, 1.82) is 0 Å². The molecule has 1 aliphatic heterocycles. The topological polar surface area (TPSA) is 92.9 Å². The van der Waals surface area contributed by atoms with Gasteiger partial charge in [0.05, 0.1) is 17.1 Å². The average Bonchev–Trinajstić information content (AvgIpc) is 2.39. The SMILES string of the molecule is O=C(O)c1cccc(N2CCOC([N+](=O)[O-])C2)c1. The number of carbonyl (C=O) groups is 1. The van der Waals surface area contributed by atoms with Crippen molar-refractivity contribution in [1.82, 2.24) is 0 Å². The second-order valence-corrected chi connectivity index (χ2v) is 3.91. The van der Waals surface area contributed by atoms with Gasteiger partial charge in [-0.2, -0.15) is 0 Å². The molecule has 1 heterocycles. The third-order valence-electron chi connectivity index (χ3n) is 2.74. The highest BCUT2D eigenvalue weighted by Gasteiger charge is 2.29. The highest BCUT2D eigenvalue weighted by Crippen LogP contribution is 2.19. The van der Waals surface area contributed by atoms with E-state index in [9.17, 15) is 14.9 Å². The van der Waals surface area contributed by atoms with Crippen molar-refractivity contribution in [3.63, 3.8) is 0 Å². The molecule has 1 fully saturated rings. The molecule has 0 bridgehead atoms. The fraction of sp³-hybridized carbons (Fsp3) is 0.364. The molecule has 1 aromatic carbocycles. The van der Waals surface area contributed by atoms with E-state index in [1.54, 1.807) is 17.0 Å². The Kier molecular flexibility index (Phi) is 3.42. The minimum atomic E-state index is -1.06. The summed E-state index contributed by atoms with van der Waals surface area (Å²) in [6.07, 6.45) is -1.06. The van der Waals surface area contributed by atoms with E-state index in [-0.39, 0.29) is 18.7 Å². The Hall–Kier alpha value is -2.15. The van der Waals surface area contributed by atoms with Crippen molar-refractivity contribution in [3.8, 4) is 0 Å². The van der Waals surface area contributed by atoms with Crippen LogP contribution in [0.15, 0.2) is 24.3 Å². The van der Waals surface area contributed by atoms with Crippen LogP contribution < -0.4 is 4.90 Å². The summed E-state index contributed by atoms with van der Waals surface area (Å²) in [5.74, 6) is -1.02. The Morgan fingerprint density at radius 1 is 1.56 bits per heavy atom. The Bertz CT molecular complexity index is 476. The number of hydrogen-bond acceptors (Lipinski definition) is 5. The van der Waals surface area contributed by atoms with Crippen LogP contribution in [-0.4, -0.2) is 41.9 Å². The van der Waals surface area contributed by atoms with Crippen molar-refractivity contribution in [2.75, 3.05) is 24.6 Å². The van der Waals surface area contributed by atoms with E-state index in [2.05, 4.69) is 0 Å². The molecule has 1 unspecified atom stereocenters. The number of hydrogen-bond donors (Lipinski definition) is 1. The molecule has 0 amide bonds. The lowest BCUT2D eigenvalue weighted by atomic mass is 10.2. The standard InChI is InChI=1S/C11H12N2O5/c14-11(15)8-2-1-3-9(6-8)12-4-5-18-10(7-12)13(16)17/h1-3,6,10H,4-5,7H2,(H,14,15). The van der Waals surface area contributed by atoms with Crippen LogP contribution in [0.2, 0.25) is 0 Å². The summed E-state index contributed by atoms with van der Waals surface area (Å²) >= 11 is 0. The van der Waals surface area contributed by atoms with E-state index in [1.165, 1.54) is 12.1 Å². The van der Waals surface area contributed by atoms with Crippen LogP contribution in [-0.2, 0) is 4.74 Å². The fourth-order valence-electron chi connectivity index (χ4n) is 1.83. The first kappa shape index (κ1) is 12.3. The van der Waals surface area contributed by atoms with Crippen LogP contribution in [0.4, 0.5) is 5.69 Å². The third kappa shape index (κ3) is 2.57. The molecule has 1 saturated heterocycles. The zero-order valence-electron chi connectivity index (χ0n) is 9.48. The molecule has 0 radical (unpaired) electrons. The zero-order chi connectivity index (χ0) is 13.1. The summed E-state index contributed by atoms with van der Waals surface area (Å²) in [6, 6.07) is 6.34. The predicted molar refractivity (Wildman–Crippen MR) is 62.3 cm³/mol. The Morgan fingerprint density at radius 3 is 3.00 bits per heavy atom. The van der Waals surface area contributed by atoms with Gasteiger partial charge in [0.15, 0.2) is 0 Å². The van der Waals surface area contributed by atoms with Gasteiger partial charge in [0.2, 0.25) is 0 Å². The molecule has 0 spiro atoms. The maximum Gasteiger partial charge on any atom is 0.335 e. The Morgan fingerprint density at radius 2 is 2.33 bits per heavy atom. The van der Waals surface area contributed by atoms with Gasteiger partial charge in [-0.25, -0.2) is 4.79 Å². The van der Waals surface area contributed by atoms with Gasteiger partial charge in [-0.05, 0) is 18.2 Å². The largest absolute Gasteiger partial charge is 0.478 e. The molecule has 0 aromatic heterocycles. The maximum absolute atomic E-state index is 10.9. The van der Waals surface area contributed by atoms with Crippen molar-refractivity contribution < 1.29 is 19.6 Å². The van der Waals surface area contributed by atoms with E-state index in [0.717, 1.165) is 0 Å². The maximum atomic E-state index is 10.9. The molecule has 96 valence electrons. The lowest BCUT2D eigenvalue weighted by molar-refractivity contribution is -0.574. The number of nitro groups is 1. The predicted octanol–water partition coefficient (Wildman–Crippen LogP) is 0.824. The molecule has 2 rings (SSSR count). The van der Waals surface area contributed by atoms with E-state index < -0.39 is 17.1 Å². The quantitative estimate of drug-likeness (QED) is 0.632. The van der Waals surface area contributed by atoms with E-state index in [1.807, 2.05) is 0 Å². The fourth-order valence-corrected chi connectivity index (χ4v) is 1.83. The zero-order valence-corrected chi connectivity index (χ0v) is 9.48. The number of ether oxygens (including phenoxy) is 1. The van der Waals surface area contributed by atoms with Crippen molar-refractivity contribution in [2.45, 2.75) is 6.23 Å². The summed E-state index contributed by atoms with van der Waals surface area (Å²) in [7, 11) is 0. The second-order valence-electron chi connectivity index (χ2n) is 3.91. The molecule has 0 aliphatic carbocycles. The van der Waals surface area contributed by atoms with Gasteiger partial charge < -0.3 is 14.7 Å². The normalized spacial score (nSPS) is 19.6. The van der Waals surface area contributed by atoms with Gasteiger partial charge in [0.25, 0.3) is 0 Å². The Balaban J connectivity index is 2.18. The number of anilines is 1. The van der Waals surface area contributed by atoms with Crippen LogP contribution in [0, 0.1) is 10.1 Å². The van der Waals surface area contributed by atoms with Gasteiger partial charge in [0, 0.05) is 12.2 Å². The minimum Gasteiger partial charge on any atom is -0.478 e. The van der Waals surface area contributed by atoms with Crippen LogP contribution in [0.3, 0.4) is 0 Å². The molecule has 7 nitrogen and oxygen atoms in total. The average molecular weight is 252 g/mol. The van der Waals surface area contributed by atoms with Crippen molar-refractivity contribution in [3.05, 3.63) is 39.9 Å². The molecular weight excluding hydrogens is 240 g/mol. The summed E-state index contributed by atoms with van der Waals surface area (Å²) in [5.41, 5.74) is 0.821. The minimum absolute atomic E-state index is 0.121. The van der Waals surface area contributed by atoms with Crippen molar-refractivity contribution in [2.24, 2.45) is 0 Å². The summed E-state index contributed by atoms with van der Waals surface area (Å²) in [5, 5.41) is 19.6. The molecule has 1 aromatic rings. The first-order valence-corrected chi connectivity index (χ1v) is 5.41. The van der Waals surface area contributed by atoms with Crippen LogP contribution in [0.5, 0.6) is 0 Å². The summed E-state index contributed by atoms with van der Waals surface area (Å²) < 4.78 is 5.01. The van der Waals surface area contributed by atoms with Gasteiger partial charge in [0.1, 0.15) is 6.54 Å². The van der Waals surface area contributed by atoms with Gasteiger partial charge in [-0.15, -0.1) is 0 Å². The molecule has 0 saturated carbocycles. The summed E-state index contributed by atoms with van der Waals surface area (Å²) in [4.78, 5) is 22.8. The monoisotopic (exact) mass is 252 g/mol. The number of carboxylic acids is 1. The lowest BCUT2D eigenvalue weighted by Crippen LogP contribution is -2.46. The smallest absolute Gasteiger partial charge is 0.335 e. The highest BCUT2D eigenvalue weighted by atomic mass is 16.7. The third-order valence-corrected chi connectivity index (χ3v) is 2.74. The number of morpholine rings is 1. The second kappa shape index (κ2) is 5.01. The molecular formula is C11H12N2O5. The summed E-state index contributed by atoms with van der Waals surface area (Å²) in [6.45, 7) is 0.881. The van der Waals surface area contributed by atoms with Crippen molar-refractivity contribution >= 4 is 11.7 Å². The van der Waals surface area contributed by atoms with E-state index >= 15 is 0 Å². The molecule has 1 aliphatic rings. The molecule has 1 atom stereocenters. The number of rotatable bonds is 3. The van der Waals surface area contributed by atoms with Gasteiger partial charge >= 0.3 is 12.2 Å². The first-order chi connectivity index (χ1) is 8.58. The first-order valence-electron chi connectivity index (χ1n) is 5.41. The van der Waals surface area contributed by atoms with E-state index in [4.69, 9.17) is 9.84 Å². The van der Waals surface area contributed by atoms with Crippen LogP contribution in [0.1, 0.15) is 10.4 Å². The van der Waals surface area contributed by atoms with Crippen LogP contribution in [0.25, 0.3) is 0 Å². The molecule has 1 N–H and O–H groups in total. The van der Waals surface area contributed by atoms with Crippen LogP contribution >= 0.6 is 0 Å². The van der Waals surface area contributed by atoms with Gasteiger partial charge in [-0.1, -0.05) is 6.07 Å². The highest BCUT2D eigenvalue weighted by molar-refractivity contribution is 5.88. The number of nitrogens with zero attached hydrogens (tertiary/aromatic N) is 2. The molecule has 7 heteroatoms. The lowest BCUT2D eigenvalue weighted by Gasteiger charge is -2.30.